The molecule has 7 heavy (non-hydrogen) atoms. The van der Waals surface area contributed by atoms with Crippen LogP contribution < -0.4 is 0 Å². The molecule has 40 valence electrons. The normalized spacial score (nSPS) is 7.57. The van der Waals surface area contributed by atoms with E-state index in [9.17, 15) is 0 Å². The molecule has 0 atom stereocenters. The monoisotopic (exact) mass is 98.1 g/mol. The third-order valence-electron chi connectivity index (χ3n) is 0.635. The topological polar surface area (TPSA) is 15.6 Å². The van der Waals surface area contributed by atoms with Crippen molar-refractivity contribution >= 4 is 6.72 Å². The molecular formula is C5H10N2. The van der Waals surface area contributed by atoms with E-state index in [-0.39, 0.29) is 0 Å². The summed E-state index contributed by atoms with van der Waals surface area (Å²) in [6.45, 7) is 7.46. The Kier molecular flexibility index (Phi) is 3.02. The van der Waals surface area contributed by atoms with Crippen LogP contribution in [0.15, 0.2) is 17.8 Å². The third kappa shape index (κ3) is 3.03. The Bertz CT molecular complexity index is 68.5. The Balaban J connectivity index is 3.15. The first kappa shape index (κ1) is 6.21. The molecule has 0 unspecified atom stereocenters. The molecule has 0 N–H and O–H groups in total. The maximum absolute atomic E-state index is 3.61. The molecule has 0 fully saturated rings. The molecule has 0 aromatic rings. The van der Waals surface area contributed by atoms with Gasteiger partial charge in [0.2, 0.25) is 0 Å². The van der Waals surface area contributed by atoms with Crippen LogP contribution in [-0.2, 0) is 0 Å². The average Bonchev–Trinajstić information content (AvgIpc) is 1.68. The highest BCUT2D eigenvalue weighted by atomic mass is 15.1. The largest absolute Gasteiger partial charge is 0.362 e. The van der Waals surface area contributed by atoms with Crippen LogP contribution in [0.2, 0.25) is 0 Å². The first-order valence-corrected chi connectivity index (χ1v) is 2.06. The molecule has 0 aliphatic rings. The lowest BCUT2D eigenvalue weighted by Gasteiger charge is -2.06. The number of hydrogen-bond acceptors (Lipinski definition) is 2. The Hall–Kier alpha value is -0.790. The lowest BCUT2D eigenvalue weighted by atomic mass is 10.8. The van der Waals surface area contributed by atoms with Crippen molar-refractivity contribution in [3.05, 3.63) is 12.8 Å². The molecule has 0 bridgehead atoms. The van der Waals surface area contributed by atoms with E-state index in [4.69, 9.17) is 0 Å². The van der Waals surface area contributed by atoms with Gasteiger partial charge in [-0.2, -0.15) is 0 Å². The van der Waals surface area contributed by atoms with Gasteiger partial charge in [-0.15, -0.1) is 0 Å². The van der Waals surface area contributed by atoms with E-state index in [1.807, 2.05) is 11.9 Å². The lowest BCUT2D eigenvalue weighted by molar-refractivity contribution is 0.476. The summed E-state index contributed by atoms with van der Waals surface area (Å²) in [7, 11) is 1.89. The van der Waals surface area contributed by atoms with Crippen molar-refractivity contribution in [3.8, 4) is 0 Å². The number of aliphatic imine (C=N–C) groups is 1. The van der Waals surface area contributed by atoms with Gasteiger partial charge >= 0.3 is 0 Å². The van der Waals surface area contributed by atoms with E-state index >= 15 is 0 Å². The van der Waals surface area contributed by atoms with Gasteiger partial charge in [-0.3, -0.25) is 4.99 Å². The van der Waals surface area contributed by atoms with E-state index in [2.05, 4.69) is 18.3 Å². The van der Waals surface area contributed by atoms with Gasteiger partial charge in [0.05, 0.1) is 0 Å². The van der Waals surface area contributed by atoms with Crippen LogP contribution in [0, 0.1) is 0 Å². The minimum Gasteiger partial charge on any atom is -0.362 e. The SMILES string of the molecule is C=CN(C)CN=C. The fourth-order valence-electron chi connectivity index (χ4n) is 0.215. The Labute approximate surface area is 44.2 Å². The van der Waals surface area contributed by atoms with Gasteiger partial charge in [0.15, 0.2) is 0 Å². The fraction of sp³-hybridized carbons (Fsp3) is 0.400. The smallest absolute Gasteiger partial charge is 0.108 e. The molecule has 0 aliphatic heterocycles. The highest BCUT2D eigenvalue weighted by molar-refractivity contribution is 5.22. The molecule has 0 saturated heterocycles. The van der Waals surface area contributed by atoms with Gasteiger partial charge in [-0.05, 0) is 12.9 Å². The van der Waals surface area contributed by atoms with Gasteiger partial charge in [-0.25, -0.2) is 0 Å². The molecule has 0 rings (SSSR count). The summed E-state index contributed by atoms with van der Waals surface area (Å²) in [5.41, 5.74) is 0. The quantitative estimate of drug-likeness (QED) is 0.475. The van der Waals surface area contributed by atoms with Crippen molar-refractivity contribution in [2.24, 2.45) is 4.99 Å². The Morgan fingerprint density at radius 2 is 2.43 bits per heavy atom. The molecule has 0 aliphatic carbocycles. The zero-order chi connectivity index (χ0) is 5.70. The van der Waals surface area contributed by atoms with Crippen LogP contribution >= 0.6 is 0 Å². The number of hydrogen-bond donors (Lipinski definition) is 0. The Morgan fingerprint density at radius 1 is 1.86 bits per heavy atom. The van der Waals surface area contributed by atoms with Crippen molar-refractivity contribution < 1.29 is 0 Å². The third-order valence-corrected chi connectivity index (χ3v) is 0.635. The van der Waals surface area contributed by atoms with E-state index in [0.717, 1.165) is 0 Å². The summed E-state index contributed by atoms with van der Waals surface area (Å²) in [4.78, 5) is 5.45. The maximum Gasteiger partial charge on any atom is 0.108 e. The summed E-state index contributed by atoms with van der Waals surface area (Å²) in [6, 6.07) is 0. The molecular weight excluding hydrogens is 88.1 g/mol. The minimum atomic E-state index is 0.628. The summed E-state index contributed by atoms with van der Waals surface area (Å²) >= 11 is 0. The zero-order valence-electron chi connectivity index (χ0n) is 4.59. The van der Waals surface area contributed by atoms with Crippen LogP contribution in [0.4, 0.5) is 0 Å². The highest BCUT2D eigenvalue weighted by Gasteiger charge is 1.78. The molecule has 0 radical (unpaired) electrons. The number of nitrogens with zero attached hydrogens (tertiary/aromatic N) is 2. The van der Waals surface area contributed by atoms with Crippen molar-refractivity contribution in [2.75, 3.05) is 13.7 Å². The second kappa shape index (κ2) is 3.40. The fourth-order valence-corrected chi connectivity index (χ4v) is 0.215. The van der Waals surface area contributed by atoms with Crippen LogP contribution in [-0.4, -0.2) is 25.3 Å². The minimum absolute atomic E-state index is 0.628. The van der Waals surface area contributed by atoms with Crippen molar-refractivity contribution in [1.82, 2.24) is 4.90 Å². The van der Waals surface area contributed by atoms with Gasteiger partial charge in [0.1, 0.15) is 6.67 Å². The predicted molar refractivity (Wildman–Crippen MR) is 32.4 cm³/mol. The molecule has 0 spiro atoms. The van der Waals surface area contributed by atoms with Gasteiger partial charge in [-0.1, -0.05) is 6.58 Å². The predicted octanol–water partition coefficient (Wildman–Crippen LogP) is 0.720. The lowest BCUT2D eigenvalue weighted by Crippen LogP contribution is -2.08. The second-order valence-electron chi connectivity index (χ2n) is 1.30. The van der Waals surface area contributed by atoms with E-state index in [1.54, 1.807) is 6.20 Å². The summed E-state index contributed by atoms with van der Waals surface area (Å²) in [5, 5.41) is 0. The second-order valence-corrected chi connectivity index (χ2v) is 1.30. The van der Waals surface area contributed by atoms with E-state index in [0.29, 0.717) is 6.67 Å². The van der Waals surface area contributed by atoms with Crippen molar-refractivity contribution in [3.63, 3.8) is 0 Å². The van der Waals surface area contributed by atoms with E-state index in [1.165, 1.54) is 0 Å². The maximum atomic E-state index is 3.61. The molecule has 2 nitrogen and oxygen atoms in total. The van der Waals surface area contributed by atoms with Gasteiger partial charge < -0.3 is 4.90 Å². The van der Waals surface area contributed by atoms with Gasteiger partial charge in [0.25, 0.3) is 0 Å². The average molecular weight is 98.1 g/mol. The molecule has 2 heteroatoms. The molecule has 0 aromatic carbocycles. The summed E-state index contributed by atoms with van der Waals surface area (Å²) in [6.07, 6.45) is 1.70. The van der Waals surface area contributed by atoms with Crippen molar-refractivity contribution in [2.45, 2.75) is 0 Å². The van der Waals surface area contributed by atoms with Crippen LogP contribution in [0.3, 0.4) is 0 Å². The van der Waals surface area contributed by atoms with E-state index < -0.39 is 0 Å². The standard InChI is InChI=1S/C5H10N2/c1-4-7(3)5-6-2/h4H,1-2,5H2,3H3. The van der Waals surface area contributed by atoms with Crippen LogP contribution in [0.1, 0.15) is 0 Å². The molecule has 0 saturated carbocycles. The summed E-state index contributed by atoms with van der Waals surface area (Å²) < 4.78 is 0. The van der Waals surface area contributed by atoms with Crippen LogP contribution in [0.5, 0.6) is 0 Å². The number of rotatable bonds is 3. The summed E-state index contributed by atoms with van der Waals surface area (Å²) in [5.74, 6) is 0. The first-order valence-electron chi connectivity index (χ1n) is 2.06. The highest BCUT2D eigenvalue weighted by Crippen LogP contribution is 1.77. The zero-order valence-corrected chi connectivity index (χ0v) is 4.59. The van der Waals surface area contributed by atoms with Crippen molar-refractivity contribution in [1.29, 1.82) is 0 Å². The van der Waals surface area contributed by atoms with Gasteiger partial charge in [0, 0.05) is 7.05 Å². The van der Waals surface area contributed by atoms with Crippen LogP contribution in [0.25, 0.3) is 0 Å². The molecule has 0 amide bonds. The first-order chi connectivity index (χ1) is 3.31. The Morgan fingerprint density at radius 3 is 2.57 bits per heavy atom. The molecule has 0 heterocycles. The molecule has 0 aromatic heterocycles.